The Kier molecular flexibility index (Phi) is 4.47. The van der Waals surface area contributed by atoms with Crippen LogP contribution in [0.4, 0.5) is 0 Å². The molecule has 0 fully saturated rings. The van der Waals surface area contributed by atoms with Gasteiger partial charge in [0.2, 0.25) is 0 Å². The molecule has 0 aliphatic rings. The summed E-state index contributed by atoms with van der Waals surface area (Å²) < 4.78 is 4.95. The Balaban J connectivity index is 2.10. The first-order valence-electron chi connectivity index (χ1n) is 7.45. The zero-order valence-corrected chi connectivity index (χ0v) is 12.8. The minimum absolute atomic E-state index is 0.124. The predicted molar refractivity (Wildman–Crippen MR) is 90.3 cm³/mol. The Bertz CT molecular complexity index is 778. The Morgan fingerprint density at radius 3 is 1.79 bits per heavy atom. The van der Waals surface area contributed by atoms with Crippen LogP contribution >= 0.6 is 0 Å². The first-order valence-corrected chi connectivity index (χ1v) is 7.45. The number of aromatic hydroxyl groups is 2. The molecule has 0 bridgehead atoms. The third-order valence-corrected chi connectivity index (χ3v) is 3.83. The van der Waals surface area contributed by atoms with Crippen LogP contribution in [-0.4, -0.2) is 16.7 Å². The summed E-state index contributed by atoms with van der Waals surface area (Å²) in [5, 5.41) is 19.1. The normalized spacial score (nSPS) is 10.5. The maximum absolute atomic E-state index is 10.6. The number of hydrogen-bond donors (Lipinski definition) is 2. The maximum atomic E-state index is 10.6. The monoisotopic (exact) mass is 320 g/mol. The summed E-state index contributed by atoms with van der Waals surface area (Å²) in [6.45, 7) is 0.398. The second-order valence-corrected chi connectivity index (χ2v) is 5.40. The smallest absolute Gasteiger partial charge is 0.298 e. The lowest BCUT2D eigenvalue weighted by atomic mass is 9.85. The quantitative estimate of drug-likeness (QED) is 0.554. The van der Waals surface area contributed by atoms with Crippen LogP contribution in [0.25, 0.3) is 0 Å². The van der Waals surface area contributed by atoms with Crippen LogP contribution in [0.3, 0.4) is 0 Å². The van der Waals surface area contributed by atoms with Crippen LogP contribution in [-0.2, 0) is 4.79 Å². The van der Waals surface area contributed by atoms with Crippen LogP contribution in [0.5, 0.6) is 17.2 Å². The van der Waals surface area contributed by atoms with Gasteiger partial charge in [0, 0.05) is 5.92 Å². The van der Waals surface area contributed by atoms with Gasteiger partial charge < -0.3 is 14.9 Å². The minimum atomic E-state index is -0.124. The first kappa shape index (κ1) is 15.6. The van der Waals surface area contributed by atoms with E-state index in [4.69, 9.17) is 4.74 Å². The Hall–Kier alpha value is -3.27. The van der Waals surface area contributed by atoms with Crippen LogP contribution in [0.15, 0.2) is 72.8 Å². The van der Waals surface area contributed by atoms with Crippen molar-refractivity contribution in [2.75, 3.05) is 0 Å². The van der Waals surface area contributed by atoms with E-state index in [1.54, 1.807) is 36.4 Å². The van der Waals surface area contributed by atoms with Gasteiger partial charge in [0.15, 0.2) is 0 Å². The molecule has 0 unspecified atom stereocenters. The molecule has 0 saturated carbocycles. The SMILES string of the molecule is O=COc1cccc(C(c2ccc(O)cc2)c2ccc(O)cc2)c1. The van der Waals surface area contributed by atoms with E-state index in [1.165, 1.54) is 0 Å². The highest BCUT2D eigenvalue weighted by atomic mass is 16.5. The molecular formula is C20H16O4. The molecule has 3 aromatic carbocycles. The van der Waals surface area contributed by atoms with Gasteiger partial charge >= 0.3 is 0 Å². The van der Waals surface area contributed by atoms with Crippen molar-refractivity contribution < 1.29 is 19.7 Å². The molecule has 4 heteroatoms. The number of carbonyl (C=O) groups excluding carboxylic acids is 1. The number of benzene rings is 3. The van der Waals surface area contributed by atoms with E-state index in [-0.39, 0.29) is 17.4 Å². The summed E-state index contributed by atoms with van der Waals surface area (Å²) in [4.78, 5) is 10.6. The topological polar surface area (TPSA) is 66.8 Å². The van der Waals surface area contributed by atoms with Crippen LogP contribution in [0.2, 0.25) is 0 Å². The molecule has 0 amide bonds. The molecule has 0 spiro atoms. The molecule has 0 aromatic heterocycles. The average Bonchev–Trinajstić information content (AvgIpc) is 2.59. The van der Waals surface area contributed by atoms with Crippen molar-refractivity contribution in [1.29, 1.82) is 0 Å². The third kappa shape index (κ3) is 3.38. The molecule has 0 aliphatic carbocycles. The second-order valence-electron chi connectivity index (χ2n) is 5.40. The standard InChI is InChI=1S/C20H16O4/c21-13-24-19-3-1-2-16(12-19)20(14-4-8-17(22)9-5-14)15-6-10-18(23)11-7-15/h1-13,20,22-23H. The number of phenolic OH excluding ortho intramolecular Hbond substituents is 2. The van der Waals surface area contributed by atoms with Gasteiger partial charge in [0.05, 0.1) is 0 Å². The van der Waals surface area contributed by atoms with Crippen molar-refractivity contribution in [3.63, 3.8) is 0 Å². The fourth-order valence-corrected chi connectivity index (χ4v) is 2.73. The summed E-state index contributed by atoms with van der Waals surface area (Å²) in [7, 11) is 0. The van der Waals surface area contributed by atoms with Gasteiger partial charge in [-0.05, 0) is 53.1 Å². The highest BCUT2D eigenvalue weighted by Gasteiger charge is 2.17. The van der Waals surface area contributed by atoms with E-state index in [1.807, 2.05) is 36.4 Å². The Morgan fingerprint density at radius 2 is 1.29 bits per heavy atom. The third-order valence-electron chi connectivity index (χ3n) is 3.83. The summed E-state index contributed by atoms with van der Waals surface area (Å²) in [5.74, 6) is 0.731. The lowest BCUT2D eigenvalue weighted by Crippen LogP contribution is -2.03. The zero-order chi connectivity index (χ0) is 16.9. The van der Waals surface area contributed by atoms with Gasteiger partial charge in [-0.3, -0.25) is 4.79 Å². The highest BCUT2D eigenvalue weighted by Crippen LogP contribution is 2.34. The maximum Gasteiger partial charge on any atom is 0.298 e. The second kappa shape index (κ2) is 6.87. The molecule has 4 nitrogen and oxygen atoms in total. The summed E-state index contributed by atoms with van der Waals surface area (Å²) in [6.07, 6.45) is 0. The van der Waals surface area contributed by atoms with Gasteiger partial charge in [0.25, 0.3) is 6.47 Å². The summed E-state index contributed by atoms with van der Waals surface area (Å²) >= 11 is 0. The molecule has 0 atom stereocenters. The van der Waals surface area contributed by atoms with Crippen molar-refractivity contribution in [3.8, 4) is 17.2 Å². The average molecular weight is 320 g/mol. The first-order chi connectivity index (χ1) is 11.7. The molecule has 3 aromatic rings. The van der Waals surface area contributed by atoms with Crippen LogP contribution < -0.4 is 4.74 Å². The fourth-order valence-electron chi connectivity index (χ4n) is 2.73. The van der Waals surface area contributed by atoms with Crippen molar-refractivity contribution in [3.05, 3.63) is 89.5 Å². The number of hydrogen-bond acceptors (Lipinski definition) is 4. The molecule has 0 saturated heterocycles. The van der Waals surface area contributed by atoms with Crippen molar-refractivity contribution in [1.82, 2.24) is 0 Å². The van der Waals surface area contributed by atoms with E-state index in [0.29, 0.717) is 12.2 Å². The number of carbonyl (C=O) groups is 1. The van der Waals surface area contributed by atoms with E-state index in [2.05, 4.69) is 0 Å². The molecule has 0 heterocycles. The largest absolute Gasteiger partial charge is 0.508 e. The molecule has 0 aliphatic heterocycles. The van der Waals surface area contributed by atoms with Crippen LogP contribution in [0.1, 0.15) is 22.6 Å². The van der Waals surface area contributed by atoms with Gasteiger partial charge in [-0.25, -0.2) is 0 Å². The molecule has 2 N–H and O–H groups in total. The van der Waals surface area contributed by atoms with E-state index < -0.39 is 0 Å². The zero-order valence-electron chi connectivity index (χ0n) is 12.8. The Labute approximate surface area is 139 Å². The number of phenols is 2. The fraction of sp³-hybridized carbons (Fsp3) is 0.0500. The van der Waals surface area contributed by atoms with Gasteiger partial charge in [-0.2, -0.15) is 0 Å². The van der Waals surface area contributed by atoms with Crippen LogP contribution in [0, 0.1) is 0 Å². The minimum Gasteiger partial charge on any atom is -0.508 e. The molecule has 3 rings (SSSR count). The Morgan fingerprint density at radius 1 is 0.750 bits per heavy atom. The van der Waals surface area contributed by atoms with Gasteiger partial charge in [-0.1, -0.05) is 36.4 Å². The summed E-state index contributed by atoms with van der Waals surface area (Å²) in [5.41, 5.74) is 2.88. The highest BCUT2D eigenvalue weighted by molar-refractivity contribution is 5.50. The molecule has 120 valence electrons. The molecule has 0 radical (unpaired) electrons. The van der Waals surface area contributed by atoms with Crippen molar-refractivity contribution in [2.24, 2.45) is 0 Å². The van der Waals surface area contributed by atoms with Crippen molar-refractivity contribution in [2.45, 2.75) is 5.92 Å². The number of ether oxygens (including phenoxy) is 1. The van der Waals surface area contributed by atoms with E-state index in [0.717, 1.165) is 16.7 Å². The van der Waals surface area contributed by atoms with Gasteiger partial charge in [0.1, 0.15) is 17.2 Å². The lowest BCUT2D eigenvalue weighted by Gasteiger charge is -2.19. The van der Waals surface area contributed by atoms with Crippen molar-refractivity contribution >= 4 is 6.47 Å². The lowest BCUT2D eigenvalue weighted by molar-refractivity contribution is -0.120. The predicted octanol–water partition coefficient (Wildman–Crippen LogP) is 3.81. The van der Waals surface area contributed by atoms with E-state index in [9.17, 15) is 15.0 Å². The van der Waals surface area contributed by atoms with E-state index >= 15 is 0 Å². The number of rotatable bonds is 5. The van der Waals surface area contributed by atoms with Gasteiger partial charge in [-0.15, -0.1) is 0 Å². The molecular weight excluding hydrogens is 304 g/mol. The summed E-state index contributed by atoms with van der Waals surface area (Å²) in [6, 6.07) is 21.2. The molecule has 24 heavy (non-hydrogen) atoms.